The molecular weight excluding hydrogens is 361 g/mol. The van der Waals surface area contributed by atoms with Crippen molar-refractivity contribution in [3.8, 4) is 5.75 Å². The molecule has 0 aliphatic carbocycles. The molecule has 2 aromatic rings. The van der Waals surface area contributed by atoms with E-state index < -0.39 is 11.4 Å². The summed E-state index contributed by atoms with van der Waals surface area (Å²) in [4.78, 5) is 37.0. The summed E-state index contributed by atoms with van der Waals surface area (Å²) < 4.78 is 13.0. The van der Waals surface area contributed by atoms with Gasteiger partial charge in [-0.15, -0.1) is 0 Å². The Morgan fingerprint density at radius 1 is 1.00 bits per heavy atom. The molecule has 0 unspecified atom stereocenters. The zero-order chi connectivity index (χ0) is 20.1. The summed E-state index contributed by atoms with van der Waals surface area (Å²) in [6, 6.07) is 14.4. The lowest BCUT2D eigenvalue weighted by Gasteiger charge is -2.38. The van der Waals surface area contributed by atoms with Gasteiger partial charge in [0.05, 0.1) is 5.41 Å². The molecule has 28 heavy (non-hydrogen) atoms. The molecule has 0 atom stereocenters. The van der Waals surface area contributed by atoms with Gasteiger partial charge in [-0.25, -0.2) is 14.1 Å². The summed E-state index contributed by atoms with van der Waals surface area (Å²) in [7, 11) is 0. The predicted octanol–water partition coefficient (Wildman–Crippen LogP) is 4.24. The summed E-state index contributed by atoms with van der Waals surface area (Å²) in [5.74, 6) is -0.387. The number of nitrogens with zero attached hydrogens (tertiary/aromatic N) is 1. The van der Waals surface area contributed by atoms with Crippen LogP contribution in [-0.2, 0) is 9.68 Å². The molecular formula is C22H24FNO4. The first-order chi connectivity index (χ1) is 13.4. The second-order valence-electron chi connectivity index (χ2n) is 7.56. The fraction of sp³-hybridized carbons (Fsp3) is 0.364. The average Bonchev–Trinajstić information content (AvgIpc) is 2.73. The molecule has 1 aliphatic rings. The Bertz CT molecular complexity index is 812. The molecule has 1 fully saturated rings. The minimum atomic E-state index is -0.736. The number of amides is 1. The molecule has 0 N–H and O–H groups in total. The molecule has 1 aliphatic heterocycles. The van der Waals surface area contributed by atoms with Crippen molar-refractivity contribution in [1.29, 1.82) is 0 Å². The van der Waals surface area contributed by atoms with Crippen LogP contribution in [0.4, 0.5) is 4.39 Å². The van der Waals surface area contributed by atoms with E-state index in [4.69, 9.17) is 9.78 Å². The standard InChI is InChI=1S/C22H24FNO4/c1-22(2,21(26)28-27-19-6-4-3-5-7-19)17-12-14-24(15-13-17)20(25)16-8-10-18(23)11-9-16/h3-11,17H,12-15H2,1-2H3. The van der Waals surface area contributed by atoms with E-state index in [0.717, 1.165) is 0 Å². The largest absolute Gasteiger partial charge is 0.361 e. The van der Waals surface area contributed by atoms with Gasteiger partial charge in [-0.1, -0.05) is 18.2 Å². The lowest BCUT2D eigenvalue weighted by Crippen LogP contribution is -2.45. The zero-order valence-electron chi connectivity index (χ0n) is 16.1. The summed E-state index contributed by atoms with van der Waals surface area (Å²) in [6.07, 6.45) is 1.36. The number of likely N-dealkylation sites (tertiary alicyclic amines) is 1. The van der Waals surface area contributed by atoms with Crippen LogP contribution in [-0.4, -0.2) is 29.9 Å². The van der Waals surface area contributed by atoms with Crippen molar-refractivity contribution in [3.05, 3.63) is 66.0 Å². The van der Waals surface area contributed by atoms with Gasteiger partial charge in [0.1, 0.15) is 5.82 Å². The highest BCUT2D eigenvalue weighted by molar-refractivity contribution is 5.94. The van der Waals surface area contributed by atoms with Gasteiger partial charge in [0, 0.05) is 18.7 Å². The van der Waals surface area contributed by atoms with Crippen molar-refractivity contribution >= 4 is 11.9 Å². The van der Waals surface area contributed by atoms with Crippen molar-refractivity contribution < 1.29 is 23.8 Å². The van der Waals surface area contributed by atoms with Crippen molar-refractivity contribution in [1.82, 2.24) is 4.90 Å². The molecule has 3 rings (SSSR count). The van der Waals surface area contributed by atoms with Crippen LogP contribution in [0, 0.1) is 17.2 Å². The van der Waals surface area contributed by atoms with Crippen LogP contribution in [0.3, 0.4) is 0 Å². The van der Waals surface area contributed by atoms with Gasteiger partial charge in [-0.3, -0.25) is 9.68 Å². The Kier molecular flexibility index (Phi) is 5.97. The van der Waals surface area contributed by atoms with Gasteiger partial charge in [-0.05, 0) is 69.0 Å². The first kappa shape index (κ1) is 19.9. The smallest absolute Gasteiger partial charge is 0.339 e. The normalized spacial score (nSPS) is 15.2. The number of rotatable bonds is 5. The van der Waals surface area contributed by atoms with E-state index in [1.165, 1.54) is 24.3 Å². The molecule has 1 saturated heterocycles. The number of hydrogen-bond acceptors (Lipinski definition) is 4. The SMILES string of the molecule is CC(C)(C(=O)OOc1ccccc1)C1CCN(C(=O)c2ccc(F)cc2)CC1. The Morgan fingerprint density at radius 3 is 2.21 bits per heavy atom. The van der Waals surface area contributed by atoms with Gasteiger partial charge in [-0.2, -0.15) is 0 Å². The summed E-state index contributed by atoms with van der Waals surface area (Å²) in [5.41, 5.74) is -0.269. The van der Waals surface area contributed by atoms with Crippen LogP contribution in [0.15, 0.2) is 54.6 Å². The molecule has 0 bridgehead atoms. The average molecular weight is 385 g/mol. The summed E-state index contributed by atoms with van der Waals surface area (Å²) >= 11 is 0. The van der Waals surface area contributed by atoms with Crippen molar-refractivity contribution in [2.24, 2.45) is 11.3 Å². The van der Waals surface area contributed by atoms with Crippen LogP contribution in [0.5, 0.6) is 5.75 Å². The maximum Gasteiger partial charge on any atom is 0.361 e. The number of para-hydroxylation sites is 1. The van der Waals surface area contributed by atoms with Gasteiger partial charge in [0.2, 0.25) is 0 Å². The fourth-order valence-corrected chi connectivity index (χ4v) is 3.42. The highest BCUT2D eigenvalue weighted by Crippen LogP contribution is 2.36. The third-order valence-corrected chi connectivity index (χ3v) is 5.38. The van der Waals surface area contributed by atoms with Crippen LogP contribution in [0.2, 0.25) is 0 Å². The van der Waals surface area contributed by atoms with Gasteiger partial charge in [0.25, 0.3) is 5.91 Å². The Hall–Kier alpha value is -2.89. The molecule has 1 amide bonds. The Balaban J connectivity index is 1.54. The zero-order valence-corrected chi connectivity index (χ0v) is 16.1. The van der Waals surface area contributed by atoms with Crippen molar-refractivity contribution in [2.45, 2.75) is 26.7 Å². The Morgan fingerprint density at radius 2 is 1.61 bits per heavy atom. The minimum absolute atomic E-state index is 0.0663. The van der Waals surface area contributed by atoms with Crippen molar-refractivity contribution in [2.75, 3.05) is 13.1 Å². The van der Waals surface area contributed by atoms with E-state index >= 15 is 0 Å². The maximum atomic E-state index is 13.0. The number of piperidine rings is 1. The highest BCUT2D eigenvalue weighted by atomic mass is 19.1. The predicted molar refractivity (Wildman–Crippen MR) is 102 cm³/mol. The lowest BCUT2D eigenvalue weighted by molar-refractivity contribution is -0.227. The second-order valence-corrected chi connectivity index (χ2v) is 7.56. The monoisotopic (exact) mass is 385 g/mol. The molecule has 0 radical (unpaired) electrons. The highest BCUT2D eigenvalue weighted by Gasteiger charge is 2.41. The first-order valence-electron chi connectivity index (χ1n) is 9.37. The number of hydrogen-bond donors (Lipinski definition) is 0. The van der Waals surface area contributed by atoms with Crippen LogP contribution in [0.1, 0.15) is 37.0 Å². The third kappa shape index (κ3) is 4.50. The molecule has 6 heteroatoms. The fourth-order valence-electron chi connectivity index (χ4n) is 3.42. The maximum absolute atomic E-state index is 13.0. The minimum Gasteiger partial charge on any atom is -0.339 e. The molecule has 0 spiro atoms. The molecule has 1 heterocycles. The van der Waals surface area contributed by atoms with Gasteiger partial charge >= 0.3 is 5.97 Å². The topological polar surface area (TPSA) is 55.8 Å². The third-order valence-electron chi connectivity index (χ3n) is 5.38. The van der Waals surface area contributed by atoms with Gasteiger partial charge < -0.3 is 4.90 Å². The molecule has 0 saturated carbocycles. The van der Waals surface area contributed by atoms with E-state index in [1.807, 2.05) is 19.9 Å². The lowest BCUT2D eigenvalue weighted by atomic mass is 9.73. The number of carbonyl (C=O) groups excluding carboxylic acids is 2. The summed E-state index contributed by atoms with van der Waals surface area (Å²) in [6.45, 7) is 4.76. The van der Waals surface area contributed by atoms with E-state index in [1.54, 1.807) is 29.2 Å². The molecule has 5 nitrogen and oxygen atoms in total. The quantitative estimate of drug-likeness (QED) is 0.571. The molecule has 2 aromatic carbocycles. The van der Waals surface area contributed by atoms with E-state index in [9.17, 15) is 14.0 Å². The van der Waals surface area contributed by atoms with Gasteiger partial charge in [0.15, 0.2) is 5.75 Å². The molecule has 148 valence electrons. The number of carbonyl (C=O) groups is 2. The number of benzene rings is 2. The second kappa shape index (κ2) is 8.42. The molecule has 0 aromatic heterocycles. The van der Waals surface area contributed by atoms with E-state index in [-0.39, 0.29) is 17.6 Å². The van der Waals surface area contributed by atoms with Crippen LogP contribution < -0.4 is 4.89 Å². The van der Waals surface area contributed by atoms with Crippen molar-refractivity contribution in [3.63, 3.8) is 0 Å². The first-order valence-corrected chi connectivity index (χ1v) is 9.37. The van der Waals surface area contributed by atoms with Crippen LogP contribution in [0.25, 0.3) is 0 Å². The summed E-state index contributed by atoms with van der Waals surface area (Å²) in [5, 5.41) is 0. The van der Waals surface area contributed by atoms with E-state index in [0.29, 0.717) is 37.2 Å². The van der Waals surface area contributed by atoms with E-state index in [2.05, 4.69) is 0 Å². The number of halogens is 1. The Labute approximate surface area is 164 Å². The van der Waals surface area contributed by atoms with Crippen LogP contribution >= 0.6 is 0 Å².